The van der Waals surface area contributed by atoms with Gasteiger partial charge in [0.05, 0.1) is 11.0 Å². The molecule has 0 aliphatic heterocycles. The molecule has 0 saturated carbocycles. The lowest BCUT2D eigenvalue weighted by atomic mass is 10.1. The quantitative estimate of drug-likeness (QED) is 0.919. The van der Waals surface area contributed by atoms with E-state index < -0.39 is 15.1 Å². The van der Waals surface area contributed by atoms with Crippen LogP contribution in [0.4, 0.5) is 0 Å². The first-order chi connectivity index (χ1) is 8.54. The van der Waals surface area contributed by atoms with Crippen molar-refractivity contribution in [2.24, 2.45) is 5.73 Å². The van der Waals surface area contributed by atoms with Crippen molar-refractivity contribution in [2.45, 2.75) is 17.9 Å². The van der Waals surface area contributed by atoms with Crippen LogP contribution >= 0.6 is 0 Å². The van der Waals surface area contributed by atoms with E-state index in [0.717, 1.165) is 16.3 Å². The van der Waals surface area contributed by atoms with Gasteiger partial charge in [-0.1, -0.05) is 42.5 Å². The van der Waals surface area contributed by atoms with E-state index in [1.54, 1.807) is 6.92 Å². The molecule has 96 valence electrons. The Bertz CT molecular complexity index is 644. The van der Waals surface area contributed by atoms with Crippen molar-refractivity contribution in [1.29, 1.82) is 0 Å². The lowest BCUT2D eigenvalue weighted by Crippen LogP contribution is -2.27. The number of fused-ring (bicyclic) bond motifs is 1. The topological polar surface area (TPSA) is 60.2 Å². The molecule has 3 nitrogen and oxygen atoms in total. The number of hydrogen-bond acceptors (Lipinski definition) is 3. The molecule has 2 aromatic carbocycles. The molecule has 0 aromatic heterocycles. The Morgan fingerprint density at radius 3 is 2.50 bits per heavy atom. The van der Waals surface area contributed by atoms with E-state index in [0.29, 0.717) is 0 Å². The van der Waals surface area contributed by atoms with Gasteiger partial charge in [0.2, 0.25) is 0 Å². The third-order valence-corrected chi connectivity index (χ3v) is 5.31. The summed E-state index contributed by atoms with van der Waals surface area (Å²) >= 11 is 0. The fourth-order valence-corrected chi connectivity index (χ4v) is 3.19. The minimum Gasteiger partial charge on any atom is -0.329 e. The van der Waals surface area contributed by atoms with Gasteiger partial charge in [-0.05, 0) is 23.3 Å². The average Bonchev–Trinajstić information content (AvgIpc) is 2.38. The molecule has 0 spiro atoms. The molecule has 18 heavy (non-hydrogen) atoms. The molecule has 1 atom stereocenters. The maximum Gasteiger partial charge on any atom is 0.158 e. The SMILES string of the molecule is CC(CN)S(=O)(=O)Cc1cccc2ccccc12. The third kappa shape index (κ3) is 2.54. The van der Waals surface area contributed by atoms with Gasteiger partial charge in [0, 0.05) is 6.54 Å². The van der Waals surface area contributed by atoms with Gasteiger partial charge in [-0.2, -0.15) is 0 Å². The molecule has 2 N–H and O–H groups in total. The molecular weight excluding hydrogens is 246 g/mol. The van der Waals surface area contributed by atoms with E-state index in [9.17, 15) is 8.42 Å². The van der Waals surface area contributed by atoms with Crippen LogP contribution in [0, 0.1) is 0 Å². The molecule has 2 aromatic rings. The molecule has 0 saturated heterocycles. The van der Waals surface area contributed by atoms with Gasteiger partial charge < -0.3 is 5.73 Å². The molecule has 0 aliphatic carbocycles. The Labute approximate surface area is 108 Å². The third-order valence-electron chi connectivity index (χ3n) is 3.18. The normalized spacial score (nSPS) is 13.7. The van der Waals surface area contributed by atoms with Crippen LogP contribution in [-0.4, -0.2) is 20.2 Å². The summed E-state index contributed by atoms with van der Waals surface area (Å²) in [5.74, 6) is 0.0483. The van der Waals surface area contributed by atoms with Crippen molar-refractivity contribution >= 4 is 20.6 Å². The van der Waals surface area contributed by atoms with Crippen LogP contribution in [0.2, 0.25) is 0 Å². The highest BCUT2D eigenvalue weighted by molar-refractivity contribution is 7.91. The molecule has 4 heteroatoms. The number of rotatable bonds is 4. The molecule has 0 amide bonds. The van der Waals surface area contributed by atoms with Gasteiger partial charge in [0.25, 0.3) is 0 Å². The lowest BCUT2D eigenvalue weighted by Gasteiger charge is -2.12. The largest absolute Gasteiger partial charge is 0.329 e. The maximum atomic E-state index is 12.1. The number of nitrogens with two attached hydrogens (primary N) is 1. The Balaban J connectivity index is 2.44. The molecule has 0 bridgehead atoms. The van der Waals surface area contributed by atoms with Crippen molar-refractivity contribution < 1.29 is 8.42 Å². The van der Waals surface area contributed by atoms with Gasteiger partial charge >= 0.3 is 0 Å². The van der Waals surface area contributed by atoms with Crippen LogP contribution in [0.3, 0.4) is 0 Å². The van der Waals surface area contributed by atoms with Crippen molar-refractivity contribution in [3.63, 3.8) is 0 Å². The second-order valence-corrected chi connectivity index (χ2v) is 6.91. The van der Waals surface area contributed by atoms with Crippen LogP contribution in [0.15, 0.2) is 42.5 Å². The van der Waals surface area contributed by atoms with Crippen molar-refractivity contribution in [2.75, 3.05) is 6.54 Å². The van der Waals surface area contributed by atoms with Crippen LogP contribution in [0.5, 0.6) is 0 Å². The van der Waals surface area contributed by atoms with Crippen LogP contribution in [-0.2, 0) is 15.6 Å². The molecule has 0 aliphatic rings. The summed E-state index contributed by atoms with van der Waals surface area (Å²) in [4.78, 5) is 0. The minimum absolute atomic E-state index is 0.0483. The van der Waals surface area contributed by atoms with Crippen molar-refractivity contribution in [3.05, 3.63) is 48.0 Å². The summed E-state index contributed by atoms with van der Waals surface area (Å²) in [6, 6.07) is 13.5. The number of benzene rings is 2. The smallest absolute Gasteiger partial charge is 0.158 e. The van der Waals surface area contributed by atoms with E-state index in [2.05, 4.69) is 0 Å². The predicted molar refractivity (Wildman–Crippen MR) is 75.1 cm³/mol. The Morgan fingerprint density at radius 2 is 1.78 bits per heavy atom. The Kier molecular flexibility index (Phi) is 3.68. The molecule has 2 rings (SSSR count). The van der Waals surface area contributed by atoms with E-state index in [4.69, 9.17) is 5.73 Å². The second-order valence-electron chi connectivity index (χ2n) is 4.49. The lowest BCUT2D eigenvalue weighted by molar-refractivity contribution is 0.583. The Morgan fingerprint density at radius 1 is 1.11 bits per heavy atom. The van der Waals surface area contributed by atoms with Gasteiger partial charge in [0.15, 0.2) is 9.84 Å². The standard InChI is InChI=1S/C14H17NO2S/c1-11(9-15)18(16,17)10-13-7-4-6-12-5-2-3-8-14(12)13/h2-8,11H,9-10,15H2,1H3. The summed E-state index contributed by atoms with van der Waals surface area (Å²) < 4.78 is 24.2. The van der Waals surface area contributed by atoms with Crippen LogP contribution in [0.25, 0.3) is 10.8 Å². The first-order valence-corrected chi connectivity index (χ1v) is 7.64. The van der Waals surface area contributed by atoms with E-state index >= 15 is 0 Å². The first kappa shape index (κ1) is 13.1. The monoisotopic (exact) mass is 263 g/mol. The zero-order valence-corrected chi connectivity index (χ0v) is 11.2. The highest BCUT2D eigenvalue weighted by atomic mass is 32.2. The Hall–Kier alpha value is -1.39. The summed E-state index contributed by atoms with van der Waals surface area (Å²) in [5, 5.41) is 1.55. The van der Waals surface area contributed by atoms with Crippen LogP contribution in [0.1, 0.15) is 12.5 Å². The van der Waals surface area contributed by atoms with Crippen LogP contribution < -0.4 is 5.73 Å². The summed E-state index contributed by atoms with van der Waals surface area (Å²) in [5.41, 5.74) is 6.29. The highest BCUT2D eigenvalue weighted by Crippen LogP contribution is 2.21. The van der Waals surface area contributed by atoms with Gasteiger partial charge in [-0.15, -0.1) is 0 Å². The minimum atomic E-state index is -3.18. The number of hydrogen-bond donors (Lipinski definition) is 1. The molecule has 1 unspecified atom stereocenters. The highest BCUT2D eigenvalue weighted by Gasteiger charge is 2.20. The van der Waals surface area contributed by atoms with E-state index in [-0.39, 0.29) is 12.3 Å². The summed E-state index contributed by atoms with van der Waals surface area (Å²) in [6.07, 6.45) is 0. The molecule has 0 radical (unpaired) electrons. The summed E-state index contributed by atoms with van der Waals surface area (Å²) in [7, 11) is -3.18. The fourth-order valence-electron chi connectivity index (χ4n) is 1.92. The average molecular weight is 263 g/mol. The zero-order valence-electron chi connectivity index (χ0n) is 10.3. The second kappa shape index (κ2) is 5.08. The van der Waals surface area contributed by atoms with Gasteiger partial charge in [-0.25, -0.2) is 8.42 Å². The molecule has 0 fully saturated rings. The van der Waals surface area contributed by atoms with E-state index in [1.807, 2.05) is 42.5 Å². The maximum absolute atomic E-state index is 12.1. The van der Waals surface area contributed by atoms with Gasteiger partial charge in [-0.3, -0.25) is 0 Å². The van der Waals surface area contributed by atoms with Gasteiger partial charge in [0.1, 0.15) is 0 Å². The molecule has 0 heterocycles. The first-order valence-electron chi connectivity index (χ1n) is 5.93. The fraction of sp³-hybridized carbons (Fsp3) is 0.286. The van der Waals surface area contributed by atoms with Crippen molar-refractivity contribution in [3.8, 4) is 0 Å². The van der Waals surface area contributed by atoms with E-state index in [1.165, 1.54) is 0 Å². The zero-order chi connectivity index (χ0) is 13.2. The molecular formula is C14H17NO2S. The van der Waals surface area contributed by atoms with Crippen molar-refractivity contribution in [1.82, 2.24) is 0 Å². The summed E-state index contributed by atoms with van der Waals surface area (Å²) in [6.45, 7) is 1.81. The number of sulfone groups is 1. The predicted octanol–water partition coefficient (Wildman–Crippen LogP) is 2.10.